The van der Waals surface area contributed by atoms with E-state index in [0.29, 0.717) is 30.0 Å². The average Bonchev–Trinajstić information content (AvgIpc) is 3.78. The van der Waals surface area contributed by atoms with Crippen LogP contribution >= 0.6 is 0 Å². The Morgan fingerprint density at radius 2 is 1.15 bits per heavy atom. The molecule has 9 heteroatoms. The first-order valence-electron chi connectivity index (χ1n) is 21.2. The van der Waals surface area contributed by atoms with E-state index in [1.165, 1.54) is 6.92 Å². The standard InChI is InChI=1S/C53H49N5O4/c1-38(59)62-48-34-46(31-28-39(48)35-61-53(43-22-12-5-13-23-43,44-24-14-6-15-25-44)45-26-16-7-17-27-45)58-37-56-49-50(54-36-55-51(49)58)57-52(40-18-8-3-9-19-40,41-20-10-4-11-21-41)42-29-32-47(60-2)33-30-42/h3-27,29-30,32-33,36-37,39,46,48H,28,31,34-35H2,1-2H3,(H,54,55,57)/t39-,46+,48+/m0/s1. The number of nitrogens with one attached hydrogen (secondary N) is 1. The van der Waals surface area contributed by atoms with Gasteiger partial charge in [0.2, 0.25) is 0 Å². The Kier molecular flexibility index (Phi) is 11.6. The Balaban J connectivity index is 1.05. The maximum absolute atomic E-state index is 12.8. The molecule has 3 atom stereocenters. The molecule has 0 radical (unpaired) electrons. The highest BCUT2D eigenvalue weighted by Gasteiger charge is 2.42. The lowest BCUT2D eigenvalue weighted by Crippen LogP contribution is -2.40. The highest BCUT2D eigenvalue weighted by Crippen LogP contribution is 2.45. The van der Waals surface area contributed by atoms with Gasteiger partial charge in [0, 0.05) is 25.3 Å². The van der Waals surface area contributed by atoms with Crippen LogP contribution in [0.25, 0.3) is 11.2 Å². The second-order valence-electron chi connectivity index (χ2n) is 15.8. The van der Waals surface area contributed by atoms with Crippen LogP contribution in [0.3, 0.4) is 0 Å². The number of fused-ring (bicyclic) bond motifs is 1. The van der Waals surface area contributed by atoms with Crippen LogP contribution in [0.5, 0.6) is 5.75 Å². The number of anilines is 1. The zero-order chi connectivity index (χ0) is 42.4. The molecule has 0 unspecified atom stereocenters. The number of rotatable bonds is 14. The molecule has 9 nitrogen and oxygen atoms in total. The zero-order valence-electron chi connectivity index (χ0n) is 34.9. The third-order valence-electron chi connectivity index (χ3n) is 12.3. The number of carbonyl (C=O) groups is 1. The minimum atomic E-state index is -0.886. The number of esters is 1. The summed E-state index contributed by atoms with van der Waals surface area (Å²) in [5.41, 5.74) is 5.75. The number of carbonyl (C=O) groups excluding carboxylic acids is 1. The first-order valence-corrected chi connectivity index (χ1v) is 21.2. The number of aromatic nitrogens is 4. The fraction of sp³-hybridized carbons (Fsp3) is 0.208. The van der Waals surface area contributed by atoms with E-state index in [9.17, 15) is 4.79 Å². The van der Waals surface area contributed by atoms with Gasteiger partial charge in [-0.25, -0.2) is 15.0 Å². The Bertz CT molecular complexity index is 2560. The van der Waals surface area contributed by atoms with Crippen LogP contribution in [0.4, 0.5) is 5.82 Å². The molecule has 8 aromatic rings. The number of hydrogen-bond donors (Lipinski definition) is 1. The normalized spacial score (nSPS) is 16.7. The number of ether oxygens (including phenoxy) is 3. The lowest BCUT2D eigenvalue weighted by molar-refractivity contribution is -0.155. The molecule has 0 bridgehead atoms. The van der Waals surface area contributed by atoms with Crippen molar-refractivity contribution in [3.05, 3.63) is 222 Å². The maximum atomic E-state index is 12.8. The molecule has 0 saturated heterocycles. The van der Waals surface area contributed by atoms with E-state index in [4.69, 9.17) is 29.2 Å². The van der Waals surface area contributed by atoms with Crippen molar-refractivity contribution in [1.29, 1.82) is 0 Å². The summed E-state index contributed by atoms with van der Waals surface area (Å²) in [5.74, 6) is 0.981. The van der Waals surface area contributed by atoms with E-state index in [-0.39, 0.29) is 17.9 Å². The van der Waals surface area contributed by atoms with Gasteiger partial charge in [-0.1, -0.05) is 164 Å². The van der Waals surface area contributed by atoms with Crippen molar-refractivity contribution in [2.75, 3.05) is 19.0 Å². The molecule has 2 heterocycles. The third kappa shape index (κ3) is 7.72. The van der Waals surface area contributed by atoms with Crippen LogP contribution in [0, 0.1) is 5.92 Å². The predicted octanol–water partition coefficient (Wildman–Crippen LogP) is 10.5. The number of nitrogens with zero attached hydrogens (tertiary/aromatic N) is 4. The summed E-state index contributed by atoms with van der Waals surface area (Å²) in [6.45, 7) is 1.85. The van der Waals surface area contributed by atoms with Gasteiger partial charge in [0.15, 0.2) is 11.5 Å². The van der Waals surface area contributed by atoms with Gasteiger partial charge < -0.3 is 24.1 Å². The van der Waals surface area contributed by atoms with Crippen LogP contribution in [-0.4, -0.2) is 45.3 Å². The van der Waals surface area contributed by atoms with Crippen LogP contribution in [0.2, 0.25) is 0 Å². The first kappa shape index (κ1) is 40.3. The molecule has 0 spiro atoms. The van der Waals surface area contributed by atoms with E-state index in [0.717, 1.165) is 52.0 Å². The maximum Gasteiger partial charge on any atom is 0.302 e. The van der Waals surface area contributed by atoms with Gasteiger partial charge >= 0.3 is 5.97 Å². The van der Waals surface area contributed by atoms with Crippen molar-refractivity contribution in [3.63, 3.8) is 0 Å². The summed E-state index contributed by atoms with van der Waals surface area (Å²) >= 11 is 0. The van der Waals surface area contributed by atoms with Gasteiger partial charge in [0.25, 0.3) is 0 Å². The number of hydrogen-bond acceptors (Lipinski definition) is 8. The SMILES string of the molecule is COc1ccc(C(Nc2ncnc3c2ncn3[C@@H]2CC[C@@H](COC(c3ccccc3)(c3ccccc3)c3ccccc3)[C@H](OC(C)=O)C2)(c2ccccc2)c2ccccc2)cc1. The summed E-state index contributed by atoms with van der Waals surface area (Å²) < 4.78 is 21.1. The van der Waals surface area contributed by atoms with Gasteiger partial charge in [-0.2, -0.15) is 0 Å². The number of methoxy groups -OCH3 is 1. The molecular formula is C53H49N5O4. The van der Waals surface area contributed by atoms with E-state index in [1.54, 1.807) is 13.4 Å². The molecule has 1 aliphatic carbocycles. The topological polar surface area (TPSA) is 100 Å². The minimum Gasteiger partial charge on any atom is -0.497 e. The summed E-state index contributed by atoms with van der Waals surface area (Å²) in [4.78, 5) is 27.4. The molecule has 0 amide bonds. The number of benzene rings is 6. The molecule has 1 saturated carbocycles. The fourth-order valence-electron chi connectivity index (χ4n) is 9.29. The van der Waals surface area contributed by atoms with Crippen molar-refractivity contribution in [1.82, 2.24) is 19.5 Å². The second kappa shape index (κ2) is 17.9. The van der Waals surface area contributed by atoms with Crippen LogP contribution in [0.15, 0.2) is 189 Å². The summed E-state index contributed by atoms with van der Waals surface area (Å²) in [6.07, 6.45) is 5.18. The van der Waals surface area contributed by atoms with Gasteiger partial charge in [0.1, 0.15) is 34.8 Å². The van der Waals surface area contributed by atoms with Gasteiger partial charge in [0.05, 0.1) is 20.0 Å². The first-order chi connectivity index (χ1) is 30.5. The van der Waals surface area contributed by atoms with Gasteiger partial charge in [-0.15, -0.1) is 0 Å². The molecule has 1 fully saturated rings. The molecular weight excluding hydrogens is 771 g/mol. The quantitative estimate of drug-likeness (QED) is 0.0855. The van der Waals surface area contributed by atoms with Crippen LogP contribution in [-0.2, 0) is 25.4 Å². The Morgan fingerprint density at radius 3 is 1.65 bits per heavy atom. The highest BCUT2D eigenvalue weighted by atomic mass is 16.5. The lowest BCUT2D eigenvalue weighted by atomic mass is 9.77. The van der Waals surface area contributed by atoms with E-state index in [2.05, 4.69) is 143 Å². The van der Waals surface area contributed by atoms with Crippen molar-refractivity contribution in [3.8, 4) is 5.75 Å². The molecule has 1 N–H and O–H groups in total. The Hall–Kier alpha value is -7.10. The van der Waals surface area contributed by atoms with Crippen molar-refractivity contribution in [2.45, 2.75) is 49.5 Å². The largest absolute Gasteiger partial charge is 0.497 e. The Morgan fingerprint density at radius 1 is 0.645 bits per heavy atom. The Labute approximate surface area is 362 Å². The molecule has 6 aromatic carbocycles. The van der Waals surface area contributed by atoms with Crippen molar-refractivity contribution >= 4 is 23.0 Å². The molecule has 62 heavy (non-hydrogen) atoms. The predicted molar refractivity (Wildman–Crippen MR) is 242 cm³/mol. The molecule has 9 rings (SSSR count). The van der Waals surface area contributed by atoms with Crippen LogP contribution in [0.1, 0.15) is 65.6 Å². The molecule has 0 aliphatic heterocycles. The summed E-state index contributed by atoms with van der Waals surface area (Å²) in [7, 11) is 1.67. The molecule has 2 aromatic heterocycles. The zero-order valence-corrected chi connectivity index (χ0v) is 34.9. The van der Waals surface area contributed by atoms with E-state index < -0.39 is 17.2 Å². The monoisotopic (exact) mass is 819 g/mol. The second-order valence-corrected chi connectivity index (χ2v) is 15.8. The highest BCUT2D eigenvalue weighted by molar-refractivity contribution is 5.84. The van der Waals surface area contributed by atoms with E-state index in [1.807, 2.05) is 48.8 Å². The summed E-state index contributed by atoms with van der Waals surface area (Å²) in [5, 5.41) is 3.90. The van der Waals surface area contributed by atoms with Crippen LogP contribution < -0.4 is 10.1 Å². The van der Waals surface area contributed by atoms with E-state index >= 15 is 0 Å². The average molecular weight is 820 g/mol. The lowest BCUT2D eigenvalue weighted by Gasteiger charge is -2.40. The van der Waals surface area contributed by atoms with Gasteiger partial charge in [-0.3, -0.25) is 4.79 Å². The third-order valence-corrected chi connectivity index (χ3v) is 12.3. The number of imidazole rings is 1. The molecule has 310 valence electrons. The fourth-order valence-corrected chi connectivity index (χ4v) is 9.29. The van der Waals surface area contributed by atoms with Crippen molar-refractivity contribution in [2.24, 2.45) is 5.92 Å². The van der Waals surface area contributed by atoms with Crippen molar-refractivity contribution < 1.29 is 19.0 Å². The smallest absolute Gasteiger partial charge is 0.302 e. The molecule has 1 aliphatic rings. The minimum absolute atomic E-state index is 0.0416. The summed E-state index contributed by atoms with van der Waals surface area (Å²) in [6, 6.07) is 59.9. The van der Waals surface area contributed by atoms with Gasteiger partial charge in [-0.05, 0) is 58.4 Å².